The number of nitrogens with zero attached hydrogens (tertiary/aromatic N) is 3. The first-order valence-electron chi connectivity index (χ1n) is 8.85. The zero-order valence-corrected chi connectivity index (χ0v) is 18.4. The van der Waals surface area contributed by atoms with Crippen LogP contribution in [0, 0.1) is 0 Å². The summed E-state index contributed by atoms with van der Waals surface area (Å²) in [6.07, 6.45) is 5.25. The Hall–Kier alpha value is -0.630. The lowest BCUT2D eigenvalue weighted by Gasteiger charge is -2.43. The van der Waals surface area contributed by atoms with Gasteiger partial charge in [-0.1, -0.05) is 6.07 Å². The van der Waals surface area contributed by atoms with Crippen LogP contribution in [0.1, 0.15) is 31.4 Å². The first-order chi connectivity index (χ1) is 11.7. The second-order valence-corrected chi connectivity index (χ2v) is 6.74. The van der Waals surface area contributed by atoms with Gasteiger partial charge in [-0.05, 0) is 44.5 Å². The summed E-state index contributed by atoms with van der Waals surface area (Å²) in [5, 5.41) is 3.31. The van der Waals surface area contributed by atoms with Crippen molar-refractivity contribution in [1.82, 2.24) is 20.1 Å². The first kappa shape index (κ1) is 26.4. The highest BCUT2D eigenvalue weighted by molar-refractivity contribution is 5.86. The van der Waals surface area contributed by atoms with E-state index in [1.165, 1.54) is 5.56 Å². The van der Waals surface area contributed by atoms with Crippen LogP contribution in [0.4, 0.5) is 0 Å². The van der Waals surface area contributed by atoms with E-state index in [1.807, 2.05) is 17.2 Å². The fourth-order valence-corrected chi connectivity index (χ4v) is 3.77. The predicted octanol–water partition coefficient (Wildman–Crippen LogP) is 2.32. The molecule has 1 amide bonds. The monoisotopic (exact) mass is 440 g/mol. The van der Waals surface area contributed by atoms with Gasteiger partial charge in [0.15, 0.2) is 0 Å². The van der Waals surface area contributed by atoms with Crippen molar-refractivity contribution in [2.24, 2.45) is 0 Å². The van der Waals surface area contributed by atoms with Crippen molar-refractivity contribution in [2.75, 3.05) is 46.4 Å². The van der Waals surface area contributed by atoms with E-state index in [9.17, 15) is 4.79 Å². The SMILES string of the molecule is COC1(C(=O)N2CCN(C(C)c3cccnc3)CC2)CCNCC1.Cl.Cl.Cl. The molecule has 1 atom stereocenters. The van der Waals surface area contributed by atoms with Crippen LogP contribution < -0.4 is 5.32 Å². The molecule has 1 unspecified atom stereocenters. The molecule has 1 aromatic heterocycles. The van der Waals surface area contributed by atoms with Crippen molar-refractivity contribution < 1.29 is 9.53 Å². The maximum absolute atomic E-state index is 13.0. The molecule has 2 aliphatic rings. The molecule has 2 aliphatic heterocycles. The molecule has 1 N–H and O–H groups in total. The molecule has 0 saturated carbocycles. The number of pyridine rings is 1. The Morgan fingerprint density at radius 3 is 2.33 bits per heavy atom. The van der Waals surface area contributed by atoms with Crippen molar-refractivity contribution in [3.63, 3.8) is 0 Å². The van der Waals surface area contributed by atoms with Gasteiger partial charge in [-0.25, -0.2) is 0 Å². The van der Waals surface area contributed by atoms with Gasteiger partial charge in [0.2, 0.25) is 0 Å². The lowest BCUT2D eigenvalue weighted by Crippen LogP contribution is -2.59. The minimum absolute atomic E-state index is 0. The van der Waals surface area contributed by atoms with Gasteiger partial charge >= 0.3 is 0 Å². The van der Waals surface area contributed by atoms with Crippen molar-refractivity contribution >= 4 is 43.1 Å². The molecule has 0 aromatic carbocycles. The summed E-state index contributed by atoms with van der Waals surface area (Å²) in [6, 6.07) is 4.42. The molecular weight excluding hydrogens is 411 g/mol. The number of hydrogen-bond acceptors (Lipinski definition) is 5. The first-order valence-corrected chi connectivity index (χ1v) is 8.85. The van der Waals surface area contributed by atoms with Gasteiger partial charge in [-0.2, -0.15) is 0 Å². The average Bonchev–Trinajstić information content (AvgIpc) is 2.68. The third kappa shape index (κ3) is 5.92. The number of aromatic nitrogens is 1. The summed E-state index contributed by atoms with van der Waals surface area (Å²) in [7, 11) is 1.67. The van der Waals surface area contributed by atoms with E-state index in [-0.39, 0.29) is 43.1 Å². The topological polar surface area (TPSA) is 57.7 Å². The van der Waals surface area contributed by atoms with E-state index < -0.39 is 5.60 Å². The van der Waals surface area contributed by atoms with Crippen molar-refractivity contribution in [1.29, 1.82) is 0 Å². The van der Waals surface area contributed by atoms with E-state index in [4.69, 9.17) is 4.74 Å². The van der Waals surface area contributed by atoms with Gasteiger partial charge in [0.1, 0.15) is 5.60 Å². The van der Waals surface area contributed by atoms with Gasteiger partial charge in [0, 0.05) is 51.7 Å². The van der Waals surface area contributed by atoms with Gasteiger partial charge in [0.05, 0.1) is 0 Å². The number of amides is 1. The summed E-state index contributed by atoms with van der Waals surface area (Å²) in [4.78, 5) is 21.6. The number of carbonyl (C=O) groups excluding carboxylic acids is 1. The lowest BCUT2D eigenvalue weighted by molar-refractivity contribution is -0.160. The summed E-state index contributed by atoms with van der Waals surface area (Å²) < 4.78 is 5.68. The van der Waals surface area contributed by atoms with Gasteiger partial charge in [0.25, 0.3) is 5.91 Å². The van der Waals surface area contributed by atoms with E-state index >= 15 is 0 Å². The Morgan fingerprint density at radius 2 is 1.81 bits per heavy atom. The Labute approximate surface area is 180 Å². The maximum atomic E-state index is 13.0. The smallest absolute Gasteiger partial charge is 0.254 e. The highest BCUT2D eigenvalue weighted by Crippen LogP contribution is 2.27. The molecule has 0 radical (unpaired) electrons. The number of halogens is 3. The van der Waals surface area contributed by atoms with Crippen molar-refractivity contribution in [3.8, 4) is 0 Å². The summed E-state index contributed by atoms with van der Waals surface area (Å²) in [5.74, 6) is 0.167. The summed E-state index contributed by atoms with van der Waals surface area (Å²) in [5.41, 5.74) is 0.603. The Morgan fingerprint density at radius 1 is 1.19 bits per heavy atom. The molecule has 9 heteroatoms. The normalized spacial score (nSPS) is 20.4. The standard InChI is InChI=1S/C18H28N4O2.3ClH/c1-15(16-4-3-7-20-14-16)21-10-12-22(13-11-21)17(23)18(24-2)5-8-19-9-6-18;;;/h3-4,7,14-15,19H,5-6,8-13H2,1-2H3;3*1H. The van der Waals surface area contributed by atoms with Gasteiger partial charge in [-0.3, -0.25) is 14.7 Å². The van der Waals surface area contributed by atoms with Crippen LogP contribution in [0.25, 0.3) is 0 Å². The molecule has 3 heterocycles. The Balaban J connectivity index is 0.00000225. The highest BCUT2D eigenvalue weighted by atomic mass is 35.5. The van der Waals surface area contributed by atoms with E-state index in [0.29, 0.717) is 6.04 Å². The maximum Gasteiger partial charge on any atom is 0.254 e. The Kier molecular flexibility index (Phi) is 11.8. The number of rotatable bonds is 4. The van der Waals surface area contributed by atoms with Crippen LogP contribution in [0.15, 0.2) is 24.5 Å². The molecule has 0 spiro atoms. The summed E-state index contributed by atoms with van der Waals surface area (Å²) in [6.45, 7) is 7.21. The van der Waals surface area contributed by atoms with Gasteiger partial charge in [-0.15, -0.1) is 37.2 Å². The fourth-order valence-electron chi connectivity index (χ4n) is 3.77. The van der Waals surface area contributed by atoms with Crippen LogP contribution in [0.2, 0.25) is 0 Å². The third-order valence-corrected chi connectivity index (χ3v) is 5.51. The van der Waals surface area contributed by atoms with Gasteiger partial charge < -0.3 is 15.0 Å². The number of carbonyl (C=O) groups is 1. The lowest BCUT2D eigenvalue weighted by atomic mass is 9.90. The molecule has 6 nitrogen and oxygen atoms in total. The quantitative estimate of drug-likeness (QED) is 0.777. The molecule has 0 bridgehead atoms. The largest absolute Gasteiger partial charge is 0.368 e. The minimum atomic E-state index is -0.623. The zero-order chi connectivity index (χ0) is 17.0. The second-order valence-electron chi connectivity index (χ2n) is 6.74. The van der Waals surface area contributed by atoms with Crippen LogP contribution in [0.3, 0.4) is 0 Å². The number of nitrogens with one attached hydrogen (secondary N) is 1. The molecule has 3 rings (SSSR count). The van der Waals surface area contributed by atoms with Crippen LogP contribution in [0.5, 0.6) is 0 Å². The molecular formula is C18H31Cl3N4O2. The van der Waals surface area contributed by atoms with E-state index in [1.54, 1.807) is 13.3 Å². The van der Waals surface area contributed by atoms with Crippen LogP contribution >= 0.6 is 37.2 Å². The highest BCUT2D eigenvalue weighted by Gasteiger charge is 2.43. The molecule has 156 valence electrons. The Bertz CT molecular complexity index is 551. The molecule has 2 saturated heterocycles. The summed E-state index contributed by atoms with van der Waals surface area (Å²) >= 11 is 0. The number of hydrogen-bond donors (Lipinski definition) is 1. The molecule has 0 aliphatic carbocycles. The van der Waals surface area contributed by atoms with Crippen LogP contribution in [-0.2, 0) is 9.53 Å². The average molecular weight is 442 g/mol. The van der Waals surface area contributed by atoms with E-state index in [2.05, 4.69) is 28.2 Å². The zero-order valence-electron chi connectivity index (χ0n) is 15.9. The molecule has 2 fully saturated rings. The number of ether oxygens (including phenoxy) is 1. The molecule has 27 heavy (non-hydrogen) atoms. The number of piperazine rings is 1. The second kappa shape index (κ2) is 12.0. The van der Waals surface area contributed by atoms with E-state index in [0.717, 1.165) is 52.1 Å². The number of piperidine rings is 1. The third-order valence-electron chi connectivity index (χ3n) is 5.51. The van der Waals surface area contributed by atoms with Crippen molar-refractivity contribution in [2.45, 2.75) is 31.4 Å². The fraction of sp³-hybridized carbons (Fsp3) is 0.667. The predicted molar refractivity (Wildman–Crippen MR) is 114 cm³/mol. The molecule has 1 aromatic rings. The minimum Gasteiger partial charge on any atom is -0.368 e. The van der Waals surface area contributed by atoms with Crippen LogP contribution in [-0.4, -0.2) is 72.7 Å². The number of methoxy groups -OCH3 is 1. The van der Waals surface area contributed by atoms with Crippen molar-refractivity contribution in [3.05, 3.63) is 30.1 Å².